The SMILES string of the molecule is CNC(=O)[C@H](C)N(CCc1ccccc1)C(=O)CN(c1ccc(C(C)C)cc1)S(=O)(=O)c1ccc(C)cc1. The second-order valence-electron chi connectivity index (χ2n) is 9.68. The van der Waals surface area contributed by atoms with Crippen LogP contribution in [0.5, 0.6) is 0 Å². The molecule has 0 aliphatic heterocycles. The first-order valence-corrected chi connectivity index (χ1v) is 14.2. The topological polar surface area (TPSA) is 86.8 Å². The lowest BCUT2D eigenvalue weighted by Crippen LogP contribution is -2.51. The van der Waals surface area contributed by atoms with Gasteiger partial charge in [0.25, 0.3) is 10.0 Å². The molecule has 0 spiro atoms. The minimum atomic E-state index is -4.07. The minimum Gasteiger partial charge on any atom is -0.357 e. The highest BCUT2D eigenvalue weighted by Gasteiger charge is 2.32. The summed E-state index contributed by atoms with van der Waals surface area (Å²) in [5, 5.41) is 2.60. The molecule has 0 fully saturated rings. The van der Waals surface area contributed by atoms with Crippen molar-refractivity contribution in [1.82, 2.24) is 10.2 Å². The normalized spacial score (nSPS) is 12.2. The van der Waals surface area contributed by atoms with Gasteiger partial charge in [-0.2, -0.15) is 0 Å². The summed E-state index contributed by atoms with van der Waals surface area (Å²) in [6.07, 6.45) is 0.529. The summed E-state index contributed by atoms with van der Waals surface area (Å²) >= 11 is 0. The average Bonchev–Trinajstić information content (AvgIpc) is 2.92. The van der Waals surface area contributed by atoms with Gasteiger partial charge >= 0.3 is 0 Å². The largest absolute Gasteiger partial charge is 0.357 e. The third-order valence-corrected chi connectivity index (χ3v) is 8.42. The molecular formula is C30H37N3O4S. The van der Waals surface area contributed by atoms with E-state index in [0.29, 0.717) is 12.1 Å². The Morgan fingerprint density at radius 3 is 2.03 bits per heavy atom. The smallest absolute Gasteiger partial charge is 0.264 e. The monoisotopic (exact) mass is 535 g/mol. The Morgan fingerprint density at radius 1 is 0.868 bits per heavy atom. The second-order valence-corrected chi connectivity index (χ2v) is 11.5. The number of hydrogen-bond donors (Lipinski definition) is 1. The lowest BCUT2D eigenvalue weighted by molar-refractivity contribution is -0.138. The summed E-state index contributed by atoms with van der Waals surface area (Å²) < 4.78 is 28.8. The van der Waals surface area contributed by atoms with E-state index in [0.717, 1.165) is 21.0 Å². The van der Waals surface area contributed by atoms with Crippen LogP contribution in [0.1, 0.15) is 43.4 Å². The Labute approximate surface area is 226 Å². The number of amides is 2. The first-order valence-electron chi connectivity index (χ1n) is 12.8. The zero-order chi connectivity index (χ0) is 27.9. The summed E-state index contributed by atoms with van der Waals surface area (Å²) in [6, 6.07) is 22.6. The van der Waals surface area contributed by atoms with Crippen molar-refractivity contribution in [1.29, 1.82) is 0 Å². The van der Waals surface area contributed by atoms with Crippen molar-refractivity contribution in [2.75, 3.05) is 24.4 Å². The molecule has 0 saturated heterocycles. The molecule has 8 heteroatoms. The van der Waals surface area contributed by atoms with Crippen molar-refractivity contribution in [2.45, 2.75) is 51.0 Å². The Balaban J connectivity index is 1.99. The van der Waals surface area contributed by atoms with Crippen LogP contribution in [0.25, 0.3) is 0 Å². The van der Waals surface area contributed by atoms with Crippen LogP contribution in [0.15, 0.2) is 83.8 Å². The Morgan fingerprint density at radius 2 is 1.47 bits per heavy atom. The summed E-state index contributed by atoms with van der Waals surface area (Å²) in [6.45, 7) is 7.48. The quantitative estimate of drug-likeness (QED) is 0.391. The maximum atomic E-state index is 13.8. The van der Waals surface area contributed by atoms with Crippen LogP contribution in [0.4, 0.5) is 5.69 Å². The highest BCUT2D eigenvalue weighted by atomic mass is 32.2. The molecule has 0 heterocycles. The zero-order valence-electron chi connectivity index (χ0n) is 22.7. The van der Waals surface area contributed by atoms with Crippen LogP contribution < -0.4 is 9.62 Å². The van der Waals surface area contributed by atoms with Gasteiger partial charge in [0.2, 0.25) is 11.8 Å². The molecule has 3 aromatic rings. The summed E-state index contributed by atoms with van der Waals surface area (Å²) in [5.74, 6) is -0.504. The lowest BCUT2D eigenvalue weighted by Gasteiger charge is -2.32. The van der Waals surface area contributed by atoms with E-state index in [2.05, 4.69) is 19.2 Å². The van der Waals surface area contributed by atoms with Gasteiger partial charge in [-0.15, -0.1) is 0 Å². The molecule has 0 bridgehead atoms. The first kappa shape index (κ1) is 28.9. The van der Waals surface area contributed by atoms with Gasteiger partial charge in [0.1, 0.15) is 12.6 Å². The number of likely N-dealkylation sites (N-methyl/N-ethyl adjacent to an activating group) is 1. The number of carbonyl (C=O) groups excluding carboxylic acids is 2. The van der Waals surface area contributed by atoms with Crippen molar-refractivity contribution in [3.63, 3.8) is 0 Å². The van der Waals surface area contributed by atoms with Crippen LogP contribution in [-0.2, 0) is 26.0 Å². The van der Waals surface area contributed by atoms with Crippen molar-refractivity contribution in [3.05, 3.63) is 95.6 Å². The number of sulfonamides is 1. The molecule has 1 N–H and O–H groups in total. The number of carbonyl (C=O) groups is 2. The molecule has 202 valence electrons. The molecule has 2 amide bonds. The molecule has 3 rings (SSSR count). The molecule has 0 aliphatic carbocycles. The van der Waals surface area contributed by atoms with Gasteiger partial charge in [0.05, 0.1) is 10.6 Å². The van der Waals surface area contributed by atoms with E-state index in [4.69, 9.17) is 0 Å². The van der Waals surface area contributed by atoms with E-state index in [1.165, 1.54) is 11.9 Å². The van der Waals surface area contributed by atoms with E-state index >= 15 is 0 Å². The van der Waals surface area contributed by atoms with E-state index in [1.807, 2.05) is 49.4 Å². The fourth-order valence-corrected chi connectivity index (χ4v) is 5.58. The van der Waals surface area contributed by atoms with E-state index in [9.17, 15) is 18.0 Å². The van der Waals surface area contributed by atoms with Crippen LogP contribution >= 0.6 is 0 Å². The number of nitrogens with one attached hydrogen (secondary N) is 1. The molecule has 38 heavy (non-hydrogen) atoms. The van der Waals surface area contributed by atoms with Crippen LogP contribution in [0.2, 0.25) is 0 Å². The predicted octanol–water partition coefficient (Wildman–Crippen LogP) is 4.52. The predicted molar refractivity (Wildman–Crippen MR) is 152 cm³/mol. The van der Waals surface area contributed by atoms with Crippen LogP contribution in [0, 0.1) is 6.92 Å². The molecule has 1 atom stereocenters. The van der Waals surface area contributed by atoms with Crippen molar-refractivity contribution >= 4 is 27.5 Å². The molecule has 3 aromatic carbocycles. The van der Waals surface area contributed by atoms with Gasteiger partial charge in [-0.3, -0.25) is 13.9 Å². The summed E-state index contributed by atoms with van der Waals surface area (Å²) in [4.78, 5) is 27.8. The molecule has 0 aromatic heterocycles. The molecule has 0 aliphatic rings. The highest BCUT2D eigenvalue weighted by Crippen LogP contribution is 2.26. The lowest BCUT2D eigenvalue weighted by atomic mass is 10.0. The third kappa shape index (κ3) is 7.01. The fourth-order valence-electron chi connectivity index (χ4n) is 4.17. The number of nitrogens with zero attached hydrogens (tertiary/aromatic N) is 2. The number of anilines is 1. The molecule has 0 saturated carbocycles. The van der Waals surface area contributed by atoms with Gasteiger partial charge < -0.3 is 10.2 Å². The second kappa shape index (κ2) is 12.7. The van der Waals surface area contributed by atoms with Crippen molar-refractivity contribution < 1.29 is 18.0 Å². The maximum absolute atomic E-state index is 13.8. The Hall–Kier alpha value is -3.65. The van der Waals surface area contributed by atoms with E-state index in [-0.39, 0.29) is 23.3 Å². The van der Waals surface area contributed by atoms with Gasteiger partial charge in [-0.25, -0.2) is 8.42 Å². The van der Waals surface area contributed by atoms with E-state index < -0.39 is 28.5 Å². The number of rotatable bonds is 11. The maximum Gasteiger partial charge on any atom is 0.264 e. The highest BCUT2D eigenvalue weighted by molar-refractivity contribution is 7.92. The minimum absolute atomic E-state index is 0.0963. The van der Waals surface area contributed by atoms with Gasteiger partial charge in [0, 0.05) is 13.6 Å². The molecular weight excluding hydrogens is 498 g/mol. The van der Waals surface area contributed by atoms with Crippen LogP contribution in [0.3, 0.4) is 0 Å². The molecule has 0 radical (unpaired) electrons. The van der Waals surface area contributed by atoms with Gasteiger partial charge in [0.15, 0.2) is 0 Å². The van der Waals surface area contributed by atoms with Crippen molar-refractivity contribution in [3.8, 4) is 0 Å². The number of hydrogen-bond acceptors (Lipinski definition) is 4. The molecule has 7 nitrogen and oxygen atoms in total. The van der Waals surface area contributed by atoms with E-state index in [1.54, 1.807) is 43.3 Å². The summed E-state index contributed by atoms with van der Waals surface area (Å²) in [5.41, 5.74) is 3.39. The number of benzene rings is 3. The van der Waals surface area contributed by atoms with Gasteiger partial charge in [-0.05, 0) is 61.6 Å². The average molecular weight is 536 g/mol. The van der Waals surface area contributed by atoms with Crippen molar-refractivity contribution in [2.24, 2.45) is 0 Å². The van der Waals surface area contributed by atoms with Crippen LogP contribution in [-0.4, -0.2) is 51.3 Å². The Bertz CT molecular complexity index is 1320. The zero-order valence-corrected chi connectivity index (χ0v) is 23.5. The first-order chi connectivity index (χ1) is 18.0. The standard InChI is InChI=1S/C30H37N3O4S/c1-22(2)26-13-15-27(16-14-26)33(38(36,37)28-17-11-23(3)12-18-28)21-29(34)32(24(4)30(35)31-5)20-19-25-9-7-6-8-10-25/h6-18,22,24H,19-21H2,1-5H3,(H,31,35)/t24-/m0/s1. The summed E-state index contributed by atoms with van der Waals surface area (Å²) in [7, 11) is -2.55. The Kier molecular flexibility index (Phi) is 9.69. The molecule has 0 unspecified atom stereocenters. The number of aryl methyl sites for hydroxylation is 1. The van der Waals surface area contributed by atoms with Gasteiger partial charge in [-0.1, -0.05) is 74.0 Å². The third-order valence-electron chi connectivity index (χ3n) is 6.63. The fraction of sp³-hybridized carbons (Fsp3) is 0.333.